The molecule has 26 heavy (non-hydrogen) atoms. The minimum Gasteiger partial charge on any atom is -0.398 e. The number of para-hydroxylation sites is 1. The molecule has 0 radical (unpaired) electrons. The molecular weight excluding hydrogens is 369 g/mol. The number of anilines is 1. The van der Waals surface area contributed by atoms with Crippen LogP contribution in [0.4, 0.5) is 5.69 Å². The zero-order chi connectivity index (χ0) is 17.4. The molecule has 0 spiro atoms. The predicted molar refractivity (Wildman–Crippen MR) is 115 cm³/mol. The summed E-state index contributed by atoms with van der Waals surface area (Å²) >= 11 is 0. The minimum absolute atomic E-state index is 0. The summed E-state index contributed by atoms with van der Waals surface area (Å²) in [5.74, 6) is -0.113. The molecule has 0 saturated heterocycles. The molecule has 4 nitrogen and oxygen atoms in total. The summed E-state index contributed by atoms with van der Waals surface area (Å²) < 4.78 is 0. The van der Waals surface area contributed by atoms with Crippen LogP contribution < -0.4 is 11.1 Å². The van der Waals surface area contributed by atoms with Gasteiger partial charge in [0.15, 0.2) is 0 Å². The highest BCUT2D eigenvalue weighted by atomic mass is 35.5. The molecule has 0 saturated carbocycles. The number of nitrogens with zero attached hydrogens (tertiary/aromatic N) is 1. The summed E-state index contributed by atoms with van der Waals surface area (Å²) in [6.07, 6.45) is 0.910. The maximum Gasteiger partial charge on any atom is 0.253 e. The van der Waals surface area contributed by atoms with Crippen LogP contribution in [0, 0.1) is 0 Å². The first-order valence-corrected chi connectivity index (χ1v) is 8.56. The fourth-order valence-electron chi connectivity index (χ4n) is 2.97. The molecule has 0 bridgehead atoms. The molecule has 0 aliphatic carbocycles. The van der Waals surface area contributed by atoms with Gasteiger partial charge in [-0.05, 0) is 37.2 Å². The molecule has 144 valence electrons. The molecule has 0 aliphatic rings. The monoisotopic (exact) mass is 397 g/mol. The highest BCUT2D eigenvalue weighted by Gasteiger charge is 2.18. The summed E-state index contributed by atoms with van der Waals surface area (Å²) in [6.45, 7) is 6.81. The van der Waals surface area contributed by atoms with E-state index in [4.69, 9.17) is 5.73 Å². The number of nitrogens with one attached hydrogen (secondary N) is 1. The second kappa shape index (κ2) is 12.6. The first kappa shape index (κ1) is 24.2. The lowest BCUT2D eigenvalue weighted by Gasteiger charge is -2.30. The van der Waals surface area contributed by atoms with Crippen LogP contribution in [0.2, 0.25) is 0 Å². The molecule has 1 atom stereocenters. The zero-order valence-corrected chi connectivity index (χ0v) is 17.0. The van der Waals surface area contributed by atoms with E-state index in [-0.39, 0.29) is 36.8 Å². The molecule has 1 amide bonds. The van der Waals surface area contributed by atoms with Gasteiger partial charge >= 0.3 is 0 Å². The zero-order valence-electron chi connectivity index (χ0n) is 15.4. The molecule has 3 N–H and O–H groups in total. The fraction of sp³-hybridized carbons (Fsp3) is 0.350. The molecular formula is C20H29Cl2N3O. The number of rotatable bonds is 8. The van der Waals surface area contributed by atoms with Crippen LogP contribution in [0.1, 0.15) is 29.8 Å². The van der Waals surface area contributed by atoms with Crippen molar-refractivity contribution in [1.82, 2.24) is 10.2 Å². The highest BCUT2D eigenvalue weighted by molar-refractivity contribution is 5.99. The van der Waals surface area contributed by atoms with E-state index in [1.165, 1.54) is 5.56 Å². The van der Waals surface area contributed by atoms with Gasteiger partial charge in [-0.25, -0.2) is 0 Å². The molecule has 0 aliphatic heterocycles. The van der Waals surface area contributed by atoms with Gasteiger partial charge in [-0.3, -0.25) is 9.69 Å². The van der Waals surface area contributed by atoms with Crippen molar-refractivity contribution in [2.45, 2.75) is 26.3 Å². The van der Waals surface area contributed by atoms with Gasteiger partial charge in [0.1, 0.15) is 0 Å². The van der Waals surface area contributed by atoms with E-state index >= 15 is 0 Å². The van der Waals surface area contributed by atoms with Crippen molar-refractivity contribution in [3.63, 3.8) is 0 Å². The largest absolute Gasteiger partial charge is 0.398 e. The Morgan fingerprint density at radius 3 is 2.15 bits per heavy atom. The summed E-state index contributed by atoms with van der Waals surface area (Å²) in [7, 11) is 0. The Balaban J connectivity index is 0.00000312. The Labute approximate surface area is 169 Å². The van der Waals surface area contributed by atoms with Crippen LogP contribution in [0.5, 0.6) is 0 Å². The van der Waals surface area contributed by atoms with E-state index in [1.54, 1.807) is 12.1 Å². The van der Waals surface area contributed by atoms with Crippen LogP contribution in [-0.4, -0.2) is 36.5 Å². The summed E-state index contributed by atoms with van der Waals surface area (Å²) in [4.78, 5) is 14.8. The van der Waals surface area contributed by atoms with Crippen molar-refractivity contribution >= 4 is 36.4 Å². The predicted octanol–water partition coefficient (Wildman–Crippen LogP) is 3.80. The molecule has 0 aromatic heterocycles. The third kappa shape index (κ3) is 6.87. The Hall–Kier alpha value is -1.75. The maximum absolute atomic E-state index is 12.4. The van der Waals surface area contributed by atoms with Crippen LogP contribution in [0.15, 0.2) is 54.6 Å². The van der Waals surface area contributed by atoms with Crippen molar-refractivity contribution in [2.75, 3.05) is 25.4 Å². The standard InChI is InChI=1S/C20H27N3O.2ClH/c1-3-23(4-2)17(14-16-10-6-5-7-11-16)15-22-20(24)18-12-8-9-13-19(18)21;;/h5-13,17H,3-4,14-15,21H2,1-2H3,(H,22,24);2*1H. The van der Waals surface area contributed by atoms with Crippen LogP contribution >= 0.6 is 24.8 Å². The third-order valence-corrected chi connectivity index (χ3v) is 4.35. The van der Waals surface area contributed by atoms with Crippen molar-refractivity contribution in [3.05, 3.63) is 65.7 Å². The summed E-state index contributed by atoms with van der Waals surface area (Å²) in [5, 5.41) is 3.05. The molecule has 2 rings (SSSR count). The number of halogens is 2. The summed E-state index contributed by atoms with van der Waals surface area (Å²) in [6, 6.07) is 17.8. The molecule has 2 aromatic carbocycles. The Bertz CT molecular complexity index is 649. The smallest absolute Gasteiger partial charge is 0.253 e. The molecule has 6 heteroatoms. The number of likely N-dealkylation sites (N-methyl/N-ethyl adjacent to an activating group) is 1. The quantitative estimate of drug-likeness (QED) is 0.665. The second-order valence-electron chi connectivity index (χ2n) is 5.86. The number of nitrogen functional groups attached to an aromatic ring is 1. The topological polar surface area (TPSA) is 58.4 Å². The number of hydrogen-bond donors (Lipinski definition) is 2. The van der Waals surface area contributed by atoms with Gasteiger partial charge in [-0.1, -0.05) is 56.3 Å². The molecule has 2 aromatic rings. The lowest BCUT2D eigenvalue weighted by molar-refractivity contribution is 0.0935. The van der Waals surface area contributed by atoms with Crippen molar-refractivity contribution < 1.29 is 4.79 Å². The van der Waals surface area contributed by atoms with E-state index in [9.17, 15) is 4.79 Å². The van der Waals surface area contributed by atoms with E-state index in [0.29, 0.717) is 17.8 Å². The highest BCUT2D eigenvalue weighted by Crippen LogP contribution is 2.12. The van der Waals surface area contributed by atoms with Crippen LogP contribution in [-0.2, 0) is 6.42 Å². The number of nitrogens with two attached hydrogens (primary N) is 1. The fourth-order valence-corrected chi connectivity index (χ4v) is 2.97. The minimum atomic E-state index is -0.113. The van der Waals surface area contributed by atoms with Gasteiger partial charge < -0.3 is 11.1 Å². The average Bonchev–Trinajstić information content (AvgIpc) is 2.61. The van der Waals surface area contributed by atoms with Crippen molar-refractivity contribution in [3.8, 4) is 0 Å². The van der Waals surface area contributed by atoms with Gasteiger partial charge in [0.25, 0.3) is 5.91 Å². The lowest BCUT2D eigenvalue weighted by Crippen LogP contribution is -2.45. The molecule has 0 heterocycles. The first-order chi connectivity index (χ1) is 11.7. The number of amides is 1. The normalized spacial score (nSPS) is 11.2. The van der Waals surface area contributed by atoms with Crippen molar-refractivity contribution in [2.24, 2.45) is 0 Å². The van der Waals surface area contributed by atoms with E-state index < -0.39 is 0 Å². The number of carbonyl (C=O) groups excluding carboxylic acids is 1. The first-order valence-electron chi connectivity index (χ1n) is 8.56. The molecule has 0 fully saturated rings. The number of benzene rings is 2. The van der Waals surface area contributed by atoms with Gasteiger partial charge in [-0.2, -0.15) is 0 Å². The maximum atomic E-state index is 12.4. The van der Waals surface area contributed by atoms with E-state index in [2.05, 4.69) is 48.3 Å². The SMILES string of the molecule is CCN(CC)C(CNC(=O)c1ccccc1N)Cc1ccccc1.Cl.Cl. The van der Waals surface area contributed by atoms with Gasteiger partial charge in [0.2, 0.25) is 0 Å². The van der Waals surface area contributed by atoms with Gasteiger partial charge in [0, 0.05) is 18.3 Å². The summed E-state index contributed by atoms with van der Waals surface area (Å²) in [5.41, 5.74) is 8.22. The van der Waals surface area contributed by atoms with E-state index in [0.717, 1.165) is 19.5 Å². The van der Waals surface area contributed by atoms with Crippen LogP contribution in [0.25, 0.3) is 0 Å². The van der Waals surface area contributed by atoms with Gasteiger partial charge in [0.05, 0.1) is 5.56 Å². The Kier molecular flexibility index (Phi) is 11.7. The van der Waals surface area contributed by atoms with Crippen LogP contribution in [0.3, 0.4) is 0 Å². The number of hydrogen-bond acceptors (Lipinski definition) is 3. The second-order valence-corrected chi connectivity index (χ2v) is 5.86. The lowest BCUT2D eigenvalue weighted by atomic mass is 10.0. The Morgan fingerprint density at radius 2 is 1.58 bits per heavy atom. The van der Waals surface area contributed by atoms with E-state index in [1.807, 2.05) is 18.2 Å². The van der Waals surface area contributed by atoms with Crippen molar-refractivity contribution in [1.29, 1.82) is 0 Å². The average molecular weight is 398 g/mol. The van der Waals surface area contributed by atoms with Gasteiger partial charge in [-0.15, -0.1) is 24.8 Å². The Morgan fingerprint density at radius 1 is 1.00 bits per heavy atom. The third-order valence-electron chi connectivity index (χ3n) is 4.35. The number of carbonyl (C=O) groups is 1. The molecule has 1 unspecified atom stereocenters.